The molecule has 0 radical (unpaired) electrons. The fourth-order valence-electron chi connectivity index (χ4n) is 2.16. The number of nitrogens with two attached hydrogens (primary N) is 1. The highest BCUT2D eigenvalue weighted by Gasteiger charge is 2.22. The molecule has 6 nitrogen and oxygen atoms in total. The largest absolute Gasteiger partial charge is 0.376 e. The van der Waals surface area contributed by atoms with Gasteiger partial charge in [-0.1, -0.05) is 13.8 Å². The van der Waals surface area contributed by atoms with E-state index in [4.69, 9.17) is 9.88 Å². The molecule has 1 unspecified atom stereocenters. The molecule has 2 heterocycles. The molecule has 1 saturated heterocycles. The Balaban J connectivity index is 2.29. The van der Waals surface area contributed by atoms with Gasteiger partial charge >= 0.3 is 0 Å². The van der Waals surface area contributed by atoms with Gasteiger partial charge in [0.25, 0.3) is 10.0 Å². The van der Waals surface area contributed by atoms with Crippen molar-refractivity contribution in [3.63, 3.8) is 0 Å². The van der Waals surface area contributed by atoms with Crippen molar-refractivity contribution in [1.82, 2.24) is 9.55 Å². The smallest absolute Gasteiger partial charge is 0.257 e. The molecule has 1 aliphatic heterocycles. The van der Waals surface area contributed by atoms with Crippen molar-refractivity contribution in [3.05, 3.63) is 12.0 Å². The van der Waals surface area contributed by atoms with Crippen LogP contribution in [-0.2, 0) is 21.3 Å². The molecular weight excluding hydrogens is 254 g/mol. The Morgan fingerprint density at radius 1 is 1.61 bits per heavy atom. The standard InChI is InChI=1S/C11H19N3O3S/c1-8(2)11-13-10(18(12,15)16)7-14(11)6-9-4-3-5-17-9/h7-9H,3-6H2,1-2H3,(H2,12,15,16). The van der Waals surface area contributed by atoms with Gasteiger partial charge in [0.15, 0.2) is 5.03 Å². The number of aromatic nitrogens is 2. The van der Waals surface area contributed by atoms with Crippen LogP contribution in [0.2, 0.25) is 0 Å². The van der Waals surface area contributed by atoms with Crippen molar-refractivity contribution in [2.24, 2.45) is 5.14 Å². The maximum Gasteiger partial charge on any atom is 0.257 e. The van der Waals surface area contributed by atoms with Gasteiger partial charge in [0.05, 0.1) is 12.6 Å². The second-order valence-corrected chi connectivity index (χ2v) is 6.43. The van der Waals surface area contributed by atoms with E-state index in [2.05, 4.69) is 4.98 Å². The summed E-state index contributed by atoms with van der Waals surface area (Å²) >= 11 is 0. The van der Waals surface area contributed by atoms with Gasteiger partial charge in [-0.2, -0.15) is 0 Å². The topological polar surface area (TPSA) is 87.2 Å². The van der Waals surface area contributed by atoms with E-state index in [1.807, 2.05) is 18.4 Å². The molecule has 2 rings (SSSR count). The van der Waals surface area contributed by atoms with Crippen LogP contribution in [0.1, 0.15) is 38.4 Å². The Kier molecular flexibility index (Phi) is 3.74. The maximum atomic E-state index is 11.3. The Morgan fingerprint density at radius 3 is 2.83 bits per heavy atom. The molecule has 7 heteroatoms. The van der Waals surface area contributed by atoms with E-state index in [0.717, 1.165) is 25.3 Å². The van der Waals surface area contributed by atoms with Crippen LogP contribution < -0.4 is 5.14 Å². The van der Waals surface area contributed by atoms with E-state index in [9.17, 15) is 8.42 Å². The van der Waals surface area contributed by atoms with Gasteiger partial charge < -0.3 is 9.30 Å². The van der Waals surface area contributed by atoms with E-state index in [1.54, 1.807) is 0 Å². The van der Waals surface area contributed by atoms with Crippen LogP contribution in [0.5, 0.6) is 0 Å². The van der Waals surface area contributed by atoms with Crippen LogP contribution in [-0.4, -0.2) is 30.7 Å². The van der Waals surface area contributed by atoms with Crippen molar-refractivity contribution in [2.75, 3.05) is 6.61 Å². The summed E-state index contributed by atoms with van der Waals surface area (Å²) in [4.78, 5) is 4.12. The molecule has 0 aliphatic carbocycles. The molecule has 1 aromatic heterocycles. The predicted octanol–water partition coefficient (Wildman–Crippen LogP) is 0.833. The summed E-state index contributed by atoms with van der Waals surface area (Å²) in [5.41, 5.74) is 0. The van der Waals surface area contributed by atoms with Gasteiger partial charge in [0, 0.05) is 18.7 Å². The van der Waals surface area contributed by atoms with E-state index in [1.165, 1.54) is 6.20 Å². The lowest BCUT2D eigenvalue weighted by Gasteiger charge is -2.14. The van der Waals surface area contributed by atoms with Crippen LogP contribution in [0, 0.1) is 0 Å². The summed E-state index contributed by atoms with van der Waals surface area (Å²) in [5.74, 6) is 0.872. The molecule has 18 heavy (non-hydrogen) atoms. The van der Waals surface area contributed by atoms with E-state index < -0.39 is 10.0 Å². The van der Waals surface area contributed by atoms with Crippen molar-refractivity contribution in [2.45, 2.75) is 50.3 Å². The second-order valence-electron chi connectivity index (χ2n) is 4.92. The summed E-state index contributed by atoms with van der Waals surface area (Å²) in [6, 6.07) is 0. The number of hydrogen-bond acceptors (Lipinski definition) is 4. The Bertz CT molecular complexity index is 516. The molecule has 102 valence electrons. The molecule has 1 aliphatic rings. The lowest BCUT2D eigenvalue weighted by atomic mass is 10.2. The van der Waals surface area contributed by atoms with Gasteiger partial charge in [-0.25, -0.2) is 18.5 Å². The van der Waals surface area contributed by atoms with E-state index in [0.29, 0.717) is 6.54 Å². The van der Waals surface area contributed by atoms with E-state index in [-0.39, 0.29) is 17.0 Å². The van der Waals surface area contributed by atoms with Crippen LogP contribution in [0.3, 0.4) is 0 Å². The Labute approximate surface area is 107 Å². The normalized spacial score (nSPS) is 20.8. The average molecular weight is 273 g/mol. The van der Waals surface area contributed by atoms with Crippen molar-refractivity contribution < 1.29 is 13.2 Å². The molecule has 0 saturated carbocycles. The van der Waals surface area contributed by atoms with Crippen LogP contribution >= 0.6 is 0 Å². The maximum absolute atomic E-state index is 11.3. The second kappa shape index (κ2) is 4.99. The van der Waals surface area contributed by atoms with Gasteiger partial charge in [0.1, 0.15) is 5.82 Å². The molecular formula is C11H19N3O3S. The Hall–Kier alpha value is -0.920. The first-order valence-corrected chi connectivity index (χ1v) is 7.64. The van der Waals surface area contributed by atoms with Crippen LogP contribution in [0.4, 0.5) is 0 Å². The molecule has 0 aromatic carbocycles. The van der Waals surface area contributed by atoms with Gasteiger partial charge in [-0.15, -0.1) is 0 Å². The van der Waals surface area contributed by atoms with Gasteiger partial charge in [0.2, 0.25) is 0 Å². The van der Waals surface area contributed by atoms with Gasteiger partial charge in [-0.3, -0.25) is 0 Å². The predicted molar refractivity (Wildman–Crippen MR) is 66.7 cm³/mol. The quantitative estimate of drug-likeness (QED) is 0.880. The molecule has 2 N–H and O–H groups in total. The SMILES string of the molecule is CC(C)c1nc(S(N)(=O)=O)cn1CC1CCCO1. The van der Waals surface area contributed by atoms with E-state index >= 15 is 0 Å². The lowest BCUT2D eigenvalue weighted by Crippen LogP contribution is -2.17. The first-order chi connectivity index (χ1) is 8.38. The number of ether oxygens (including phenoxy) is 1. The van der Waals surface area contributed by atoms with Crippen molar-refractivity contribution in [3.8, 4) is 0 Å². The highest BCUT2D eigenvalue weighted by atomic mass is 32.2. The number of primary sulfonamides is 1. The minimum atomic E-state index is -3.74. The zero-order valence-corrected chi connectivity index (χ0v) is 11.5. The zero-order chi connectivity index (χ0) is 13.3. The Morgan fingerprint density at radius 2 is 2.33 bits per heavy atom. The number of sulfonamides is 1. The summed E-state index contributed by atoms with van der Waals surface area (Å²) in [7, 11) is -3.74. The minimum absolute atomic E-state index is 0.0656. The number of nitrogens with zero attached hydrogens (tertiary/aromatic N) is 2. The number of hydrogen-bond donors (Lipinski definition) is 1. The third kappa shape index (κ3) is 2.90. The zero-order valence-electron chi connectivity index (χ0n) is 10.7. The summed E-state index contributed by atoms with van der Waals surface area (Å²) in [5, 5.41) is 5.05. The minimum Gasteiger partial charge on any atom is -0.376 e. The third-order valence-electron chi connectivity index (χ3n) is 3.02. The third-order valence-corrected chi connectivity index (χ3v) is 3.80. The molecule has 1 aromatic rings. The summed E-state index contributed by atoms with van der Waals surface area (Å²) in [6.45, 7) is 5.36. The first-order valence-electron chi connectivity index (χ1n) is 6.09. The summed E-state index contributed by atoms with van der Waals surface area (Å²) in [6.07, 6.45) is 3.70. The molecule has 0 spiro atoms. The van der Waals surface area contributed by atoms with Gasteiger partial charge in [-0.05, 0) is 12.8 Å². The van der Waals surface area contributed by atoms with Crippen molar-refractivity contribution >= 4 is 10.0 Å². The number of rotatable bonds is 4. The molecule has 0 bridgehead atoms. The molecule has 1 fully saturated rings. The fraction of sp³-hybridized carbons (Fsp3) is 0.727. The van der Waals surface area contributed by atoms with Crippen molar-refractivity contribution in [1.29, 1.82) is 0 Å². The average Bonchev–Trinajstić information content (AvgIpc) is 2.85. The van der Waals surface area contributed by atoms with Crippen LogP contribution in [0.15, 0.2) is 11.2 Å². The monoisotopic (exact) mass is 273 g/mol. The lowest BCUT2D eigenvalue weighted by molar-refractivity contribution is 0.0960. The first kappa shape index (κ1) is 13.5. The molecule has 1 atom stereocenters. The highest BCUT2D eigenvalue weighted by Crippen LogP contribution is 2.20. The molecule has 0 amide bonds. The number of imidazole rings is 1. The fourth-order valence-corrected chi connectivity index (χ4v) is 2.65. The van der Waals surface area contributed by atoms with Crippen LogP contribution in [0.25, 0.3) is 0 Å². The summed E-state index contributed by atoms with van der Waals surface area (Å²) < 4.78 is 30.1. The highest BCUT2D eigenvalue weighted by molar-refractivity contribution is 7.89.